The molecule has 6 nitrogen and oxygen atoms in total. The van der Waals surface area contributed by atoms with Gasteiger partial charge < -0.3 is 14.2 Å². The second kappa shape index (κ2) is 11.4. The van der Waals surface area contributed by atoms with Gasteiger partial charge in [-0.05, 0) is 44.9 Å². The molecule has 1 aliphatic rings. The summed E-state index contributed by atoms with van der Waals surface area (Å²) in [4.78, 5) is 30.8. The topological polar surface area (TPSA) is 74.2 Å². The van der Waals surface area contributed by atoms with E-state index in [0.717, 1.165) is 11.6 Å². The lowest BCUT2D eigenvalue weighted by atomic mass is 9.75. The van der Waals surface area contributed by atoms with Crippen molar-refractivity contribution in [1.29, 1.82) is 0 Å². The summed E-state index contributed by atoms with van der Waals surface area (Å²) in [6, 6.07) is 12.8. The molecule has 8 heteroatoms. The highest BCUT2D eigenvalue weighted by Crippen LogP contribution is 2.41. The van der Waals surface area contributed by atoms with Gasteiger partial charge in [0.05, 0.1) is 11.7 Å². The Balaban J connectivity index is 2.01. The van der Waals surface area contributed by atoms with Crippen LogP contribution in [0.4, 0.5) is 8.78 Å². The standard InChI is InChI=1S/C27H29F2NO5/c1-15(2)35-27(32)23-17(4)30-16(3)22(24(23)19-12-9-13-20(28)25(19)29)26(31)34-14-21(33-5)18-10-7-6-8-11-18/h6-13,15,21,23-24H,14H2,1-5H3. The van der Waals surface area contributed by atoms with Crippen molar-refractivity contribution in [3.63, 3.8) is 0 Å². The van der Waals surface area contributed by atoms with Gasteiger partial charge in [-0.2, -0.15) is 0 Å². The fourth-order valence-corrected chi connectivity index (χ4v) is 4.21. The number of hydrogen-bond acceptors (Lipinski definition) is 6. The molecule has 3 atom stereocenters. The molecule has 186 valence electrons. The molecule has 0 N–H and O–H groups in total. The average Bonchev–Trinajstić information content (AvgIpc) is 2.80. The monoisotopic (exact) mass is 485 g/mol. The molecule has 0 spiro atoms. The number of allylic oxidation sites excluding steroid dienone is 1. The quantitative estimate of drug-likeness (QED) is 0.475. The van der Waals surface area contributed by atoms with Crippen LogP contribution in [0, 0.1) is 17.6 Å². The Morgan fingerprint density at radius 1 is 1.03 bits per heavy atom. The predicted octanol–water partition coefficient (Wildman–Crippen LogP) is 5.30. The summed E-state index contributed by atoms with van der Waals surface area (Å²) in [5, 5.41) is 0. The number of carbonyl (C=O) groups is 2. The molecule has 35 heavy (non-hydrogen) atoms. The summed E-state index contributed by atoms with van der Waals surface area (Å²) < 4.78 is 45.6. The van der Waals surface area contributed by atoms with Crippen molar-refractivity contribution < 1.29 is 32.6 Å². The summed E-state index contributed by atoms with van der Waals surface area (Å²) in [5.74, 6) is -6.04. The summed E-state index contributed by atoms with van der Waals surface area (Å²) in [6.45, 7) is 6.39. The Morgan fingerprint density at radius 3 is 2.34 bits per heavy atom. The molecule has 0 aromatic heterocycles. The molecule has 0 fully saturated rings. The van der Waals surface area contributed by atoms with Gasteiger partial charge in [-0.1, -0.05) is 42.5 Å². The number of esters is 2. The van der Waals surface area contributed by atoms with E-state index in [4.69, 9.17) is 14.2 Å². The van der Waals surface area contributed by atoms with E-state index in [0.29, 0.717) is 5.71 Å². The maximum atomic E-state index is 15.0. The van der Waals surface area contributed by atoms with Crippen molar-refractivity contribution in [2.45, 2.75) is 45.8 Å². The van der Waals surface area contributed by atoms with Crippen molar-refractivity contribution in [2.24, 2.45) is 10.9 Å². The Hall–Kier alpha value is -3.39. The van der Waals surface area contributed by atoms with E-state index in [9.17, 15) is 14.0 Å². The van der Waals surface area contributed by atoms with Crippen molar-refractivity contribution >= 4 is 17.7 Å². The third-order valence-corrected chi connectivity index (χ3v) is 5.79. The molecule has 2 aromatic carbocycles. The van der Waals surface area contributed by atoms with Crippen molar-refractivity contribution in [1.82, 2.24) is 0 Å². The lowest BCUT2D eigenvalue weighted by Crippen LogP contribution is -2.38. The van der Waals surface area contributed by atoms with Crippen LogP contribution in [0.1, 0.15) is 50.8 Å². The predicted molar refractivity (Wildman–Crippen MR) is 127 cm³/mol. The van der Waals surface area contributed by atoms with Crippen LogP contribution in [-0.2, 0) is 23.8 Å². The molecule has 0 saturated heterocycles. The van der Waals surface area contributed by atoms with Crippen molar-refractivity contribution in [3.8, 4) is 0 Å². The lowest BCUT2D eigenvalue weighted by Gasteiger charge is -2.32. The molecule has 0 bridgehead atoms. The first-order chi connectivity index (χ1) is 16.6. The SMILES string of the molecule is COC(COC(=O)C1=C(C)N=C(C)C(C(=O)OC(C)C)C1c1cccc(F)c1F)c1ccccc1. The third-order valence-electron chi connectivity index (χ3n) is 5.79. The zero-order chi connectivity index (χ0) is 25.7. The first kappa shape index (κ1) is 26.2. The van der Waals surface area contributed by atoms with Crippen LogP contribution in [0.3, 0.4) is 0 Å². The van der Waals surface area contributed by atoms with Gasteiger partial charge in [0.1, 0.15) is 18.6 Å². The van der Waals surface area contributed by atoms with Gasteiger partial charge in [-0.15, -0.1) is 0 Å². The number of nitrogens with zero attached hydrogens (tertiary/aromatic N) is 1. The minimum absolute atomic E-state index is 0.0336. The highest BCUT2D eigenvalue weighted by molar-refractivity contribution is 6.07. The molecule has 0 aliphatic carbocycles. The fourth-order valence-electron chi connectivity index (χ4n) is 4.21. The first-order valence-electron chi connectivity index (χ1n) is 11.3. The van der Waals surface area contributed by atoms with Crippen LogP contribution in [0.15, 0.2) is 64.8 Å². The smallest absolute Gasteiger partial charge is 0.336 e. The highest BCUT2D eigenvalue weighted by Gasteiger charge is 2.44. The maximum absolute atomic E-state index is 15.0. The van der Waals surface area contributed by atoms with Gasteiger partial charge >= 0.3 is 11.9 Å². The fraction of sp³-hybridized carbons (Fsp3) is 0.370. The first-order valence-corrected chi connectivity index (χ1v) is 11.3. The molecule has 3 rings (SSSR count). The molecule has 1 aliphatic heterocycles. The molecule has 3 unspecified atom stereocenters. The van der Waals surface area contributed by atoms with Gasteiger partial charge in [0.15, 0.2) is 11.6 Å². The number of aliphatic imine (C=N–C) groups is 1. The maximum Gasteiger partial charge on any atom is 0.336 e. The summed E-state index contributed by atoms with van der Waals surface area (Å²) in [7, 11) is 1.49. The van der Waals surface area contributed by atoms with Crippen LogP contribution in [-0.4, -0.2) is 37.5 Å². The molecule has 0 radical (unpaired) electrons. The number of methoxy groups -OCH3 is 1. The number of ether oxygens (including phenoxy) is 3. The molecular weight excluding hydrogens is 456 g/mol. The van der Waals surface area contributed by atoms with Gasteiger partial charge in [0.25, 0.3) is 0 Å². The van der Waals surface area contributed by atoms with Gasteiger partial charge in [0.2, 0.25) is 0 Å². The Kier molecular flexibility index (Phi) is 8.51. The number of rotatable bonds is 8. The van der Waals surface area contributed by atoms with Crippen LogP contribution >= 0.6 is 0 Å². The highest BCUT2D eigenvalue weighted by atomic mass is 19.2. The van der Waals surface area contributed by atoms with Crippen molar-refractivity contribution in [3.05, 3.63) is 82.6 Å². The number of carbonyl (C=O) groups excluding carboxylic acids is 2. The average molecular weight is 486 g/mol. The van der Waals surface area contributed by atoms with E-state index in [1.54, 1.807) is 27.7 Å². The molecule has 1 heterocycles. The van der Waals surface area contributed by atoms with E-state index in [-0.39, 0.29) is 23.4 Å². The minimum atomic E-state index is -1.18. The van der Waals surface area contributed by atoms with Crippen LogP contribution < -0.4 is 0 Å². The van der Waals surface area contributed by atoms with E-state index in [1.165, 1.54) is 19.2 Å². The number of benzene rings is 2. The largest absolute Gasteiger partial charge is 0.462 e. The third kappa shape index (κ3) is 5.82. The zero-order valence-electron chi connectivity index (χ0n) is 20.4. The Morgan fingerprint density at radius 2 is 1.71 bits per heavy atom. The van der Waals surface area contributed by atoms with Gasteiger partial charge in [0, 0.05) is 24.4 Å². The van der Waals surface area contributed by atoms with E-state index >= 15 is 4.39 Å². The molecule has 2 aromatic rings. The van der Waals surface area contributed by atoms with Crippen LogP contribution in [0.5, 0.6) is 0 Å². The second-order valence-corrected chi connectivity index (χ2v) is 8.57. The Bertz CT molecular complexity index is 1140. The Labute approximate surface area is 203 Å². The summed E-state index contributed by atoms with van der Waals surface area (Å²) >= 11 is 0. The van der Waals surface area contributed by atoms with Gasteiger partial charge in [-0.3, -0.25) is 9.79 Å². The summed E-state index contributed by atoms with van der Waals surface area (Å²) in [5.41, 5.74) is 1.20. The van der Waals surface area contributed by atoms with Crippen LogP contribution in [0.2, 0.25) is 0 Å². The lowest BCUT2D eigenvalue weighted by molar-refractivity contribution is -0.150. The molecule has 0 amide bonds. The molecule has 0 saturated carbocycles. The zero-order valence-corrected chi connectivity index (χ0v) is 20.4. The second-order valence-electron chi connectivity index (χ2n) is 8.57. The normalized spacial score (nSPS) is 18.8. The van der Waals surface area contributed by atoms with E-state index in [1.807, 2.05) is 30.3 Å². The van der Waals surface area contributed by atoms with E-state index < -0.39 is 47.6 Å². The molecular formula is C27H29F2NO5. The van der Waals surface area contributed by atoms with Crippen LogP contribution in [0.25, 0.3) is 0 Å². The number of hydrogen-bond donors (Lipinski definition) is 0. The number of halogens is 2. The summed E-state index contributed by atoms with van der Waals surface area (Å²) in [6.07, 6.45) is -0.995. The van der Waals surface area contributed by atoms with Gasteiger partial charge in [-0.25, -0.2) is 13.6 Å². The van der Waals surface area contributed by atoms with Crippen molar-refractivity contribution in [2.75, 3.05) is 13.7 Å². The minimum Gasteiger partial charge on any atom is -0.462 e. The van der Waals surface area contributed by atoms with E-state index in [2.05, 4.69) is 4.99 Å².